The van der Waals surface area contributed by atoms with E-state index in [1.165, 1.54) is 12.1 Å². The predicted octanol–water partition coefficient (Wildman–Crippen LogP) is 4.29. The Hall–Kier alpha value is -3.28. The zero-order chi connectivity index (χ0) is 18.1. The summed E-state index contributed by atoms with van der Waals surface area (Å²) in [7, 11) is 1.71. The van der Waals surface area contributed by atoms with Gasteiger partial charge in [-0.15, -0.1) is 0 Å². The molecule has 6 heteroatoms. The van der Waals surface area contributed by atoms with Crippen molar-refractivity contribution >= 4 is 17.0 Å². The molecule has 0 radical (unpaired) electrons. The van der Waals surface area contributed by atoms with E-state index in [9.17, 15) is 9.18 Å². The molecule has 0 aliphatic carbocycles. The van der Waals surface area contributed by atoms with Gasteiger partial charge < -0.3 is 18.3 Å². The Balaban J connectivity index is 1.68. The quantitative estimate of drug-likeness (QED) is 0.538. The molecule has 0 atom stereocenters. The number of rotatable bonds is 5. The van der Waals surface area contributed by atoms with Crippen LogP contribution in [0.5, 0.6) is 0 Å². The van der Waals surface area contributed by atoms with Crippen LogP contribution in [0.15, 0.2) is 69.9 Å². The molecule has 0 unspecified atom stereocenters. The molecule has 0 aliphatic heterocycles. The summed E-state index contributed by atoms with van der Waals surface area (Å²) in [6.07, 6.45) is 3.15. The van der Waals surface area contributed by atoms with Gasteiger partial charge in [-0.2, -0.15) is 0 Å². The number of furan rings is 2. The van der Waals surface area contributed by atoms with Gasteiger partial charge >= 0.3 is 0 Å². The minimum absolute atomic E-state index is 0.163. The fraction of sp³-hybridized carbons (Fsp3) is 0.150. The van der Waals surface area contributed by atoms with Crippen LogP contribution < -0.4 is 0 Å². The molecule has 0 fully saturated rings. The Morgan fingerprint density at radius 1 is 1.12 bits per heavy atom. The number of carbonyl (C=O) groups excluding carboxylic acids is 1. The van der Waals surface area contributed by atoms with E-state index in [4.69, 9.17) is 8.83 Å². The van der Waals surface area contributed by atoms with Crippen LogP contribution in [-0.2, 0) is 13.1 Å². The van der Waals surface area contributed by atoms with Gasteiger partial charge in [-0.05, 0) is 29.8 Å². The smallest absolute Gasteiger partial charge is 0.270 e. The van der Waals surface area contributed by atoms with E-state index in [1.807, 2.05) is 16.7 Å². The van der Waals surface area contributed by atoms with Crippen molar-refractivity contribution in [3.05, 3.63) is 83.9 Å². The van der Waals surface area contributed by atoms with Crippen LogP contribution in [0, 0.1) is 5.82 Å². The summed E-state index contributed by atoms with van der Waals surface area (Å²) >= 11 is 0. The Morgan fingerprint density at radius 3 is 2.77 bits per heavy atom. The number of hydrogen-bond donors (Lipinski definition) is 0. The molecule has 0 N–H and O–H groups in total. The summed E-state index contributed by atoms with van der Waals surface area (Å²) in [5, 5.41) is 0. The molecular formula is C20H17FN2O3. The third-order valence-electron chi connectivity index (χ3n) is 4.29. The van der Waals surface area contributed by atoms with Crippen molar-refractivity contribution in [2.75, 3.05) is 7.05 Å². The molecule has 26 heavy (non-hydrogen) atoms. The molecule has 0 saturated heterocycles. The Labute approximate surface area is 149 Å². The molecule has 3 heterocycles. The average molecular weight is 352 g/mol. The SMILES string of the molecule is CN(Cc1ccco1)C(=O)c1cc2occc2n1Cc1cccc(F)c1. The number of amides is 1. The maximum Gasteiger partial charge on any atom is 0.270 e. The lowest BCUT2D eigenvalue weighted by atomic mass is 10.2. The van der Waals surface area contributed by atoms with Crippen LogP contribution >= 0.6 is 0 Å². The van der Waals surface area contributed by atoms with Crippen LogP contribution in [0.1, 0.15) is 21.8 Å². The first-order chi connectivity index (χ1) is 12.6. The molecule has 1 aromatic carbocycles. The van der Waals surface area contributed by atoms with Crippen molar-refractivity contribution in [1.82, 2.24) is 9.47 Å². The lowest BCUT2D eigenvalue weighted by Gasteiger charge is -2.17. The molecule has 0 bridgehead atoms. The highest BCUT2D eigenvalue weighted by Gasteiger charge is 2.21. The highest BCUT2D eigenvalue weighted by molar-refractivity contribution is 5.97. The van der Waals surface area contributed by atoms with Crippen LogP contribution in [0.2, 0.25) is 0 Å². The zero-order valence-electron chi connectivity index (χ0n) is 14.2. The molecule has 0 spiro atoms. The number of aromatic nitrogens is 1. The monoisotopic (exact) mass is 352 g/mol. The van der Waals surface area contributed by atoms with E-state index in [-0.39, 0.29) is 11.7 Å². The minimum Gasteiger partial charge on any atom is -0.467 e. The number of benzene rings is 1. The van der Waals surface area contributed by atoms with Crippen molar-refractivity contribution in [2.45, 2.75) is 13.1 Å². The second-order valence-corrected chi connectivity index (χ2v) is 6.16. The van der Waals surface area contributed by atoms with Gasteiger partial charge in [-0.25, -0.2) is 4.39 Å². The van der Waals surface area contributed by atoms with E-state index in [0.717, 1.165) is 11.1 Å². The Kier molecular flexibility index (Phi) is 4.08. The maximum absolute atomic E-state index is 13.5. The second kappa shape index (κ2) is 6.55. The van der Waals surface area contributed by atoms with E-state index in [0.29, 0.717) is 30.1 Å². The summed E-state index contributed by atoms with van der Waals surface area (Å²) in [5.74, 6) is 0.234. The van der Waals surface area contributed by atoms with Crippen LogP contribution in [0.4, 0.5) is 4.39 Å². The largest absolute Gasteiger partial charge is 0.467 e. The maximum atomic E-state index is 13.5. The van der Waals surface area contributed by atoms with Crippen molar-refractivity contribution in [3.8, 4) is 0 Å². The van der Waals surface area contributed by atoms with Crippen LogP contribution in [0.3, 0.4) is 0 Å². The first-order valence-corrected chi connectivity index (χ1v) is 8.21. The molecule has 0 aliphatic rings. The van der Waals surface area contributed by atoms with E-state index < -0.39 is 0 Å². The van der Waals surface area contributed by atoms with Crippen molar-refractivity contribution in [2.24, 2.45) is 0 Å². The molecule has 0 saturated carbocycles. The lowest BCUT2D eigenvalue weighted by Crippen LogP contribution is -2.28. The molecule has 1 amide bonds. The minimum atomic E-state index is -0.305. The van der Waals surface area contributed by atoms with Gasteiger partial charge in [0, 0.05) is 25.7 Å². The zero-order valence-corrected chi connectivity index (χ0v) is 14.2. The molecule has 3 aromatic heterocycles. The van der Waals surface area contributed by atoms with Gasteiger partial charge in [0.1, 0.15) is 17.3 Å². The highest BCUT2D eigenvalue weighted by Crippen LogP contribution is 2.24. The fourth-order valence-corrected chi connectivity index (χ4v) is 3.05. The molecule has 4 aromatic rings. The fourth-order valence-electron chi connectivity index (χ4n) is 3.05. The summed E-state index contributed by atoms with van der Waals surface area (Å²) < 4.78 is 26.1. The number of nitrogens with zero attached hydrogens (tertiary/aromatic N) is 2. The lowest BCUT2D eigenvalue weighted by molar-refractivity contribution is 0.0765. The number of hydrogen-bond acceptors (Lipinski definition) is 3. The van der Waals surface area contributed by atoms with Crippen LogP contribution in [-0.4, -0.2) is 22.4 Å². The number of fused-ring (bicyclic) bond motifs is 1. The third kappa shape index (κ3) is 3.01. The Bertz CT molecular complexity index is 1050. The van der Waals surface area contributed by atoms with Crippen molar-refractivity contribution in [1.29, 1.82) is 0 Å². The summed E-state index contributed by atoms with van der Waals surface area (Å²) in [5.41, 5.74) is 2.67. The summed E-state index contributed by atoms with van der Waals surface area (Å²) in [6, 6.07) is 13.5. The van der Waals surface area contributed by atoms with Gasteiger partial charge in [0.15, 0.2) is 5.58 Å². The summed E-state index contributed by atoms with van der Waals surface area (Å²) in [6.45, 7) is 0.731. The average Bonchev–Trinajstić information content (AvgIpc) is 3.33. The van der Waals surface area contributed by atoms with Crippen molar-refractivity contribution in [3.63, 3.8) is 0 Å². The molecule has 132 valence electrons. The third-order valence-corrected chi connectivity index (χ3v) is 4.29. The first-order valence-electron chi connectivity index (χ1n) is 8.21. The molecule has 4 rings (SSSR count). The van der Waals surface area contributed by atoms with E-state index in [2.05, 4.69) is 0 Å². The normalized spacial score (nSPS) is 11.2. The van der Waals surface area contributed by atoms with Crippen molar-refractivity contribution < 1.29 is 18.0 Å². The molecular weight excluding hydrogens is 335 g/mol. The standard InChI is InChI=1S/C20H17FN2O3/c1-22(13-16-6-3-8-25-16)20(24)18-11-19-17(7-9-26-19)23(18)12-14-4-2-5-15(21)10-14/h2-11H,12-13H2,1H3. The molecule has 5 nitrogen and oxygen atoms in total. The number of carbonyl (C=O) groups is 1. The topological polar surface area (TPSA) is 51.5 Å². The first kappa shape index (κ1) is 16.2. The van der Waals surface area contributed by atoms with E-state index in [1.54, 1.807) is 48.7 Å². The van der Waals surface area contributed by atoms with Gasteiger partial charge in [-0.1, -0.05) is 12.1 Å². The van der Waals surface area contributed by atoms with Gasteiger partial charge in [0.2, 0.25) is 0 Å². The van der Waals surface area contributed by atoms with Gasteiger partial charge in [0.05, 0.1) is 24.6 Å². The summed E-state index contributed by atoms with van der Waals surface area (Å²) in [4.78, 5) is 14.5. The highest BCUT2D eigenvalue weighted by atomic mass is 19.1. The van der Waals surface area contributed by atoms with E-state index >= 15 is 0 Å². The second-order valence-electron chi connectivity index (χ2n) is 6.16. The van der Waals surface area contributed by atoms with Gasteiger partial charge in [-0.3, -0.25) is 4.79 Å². The Morgan fingerprint density at radius 2 is 2.00 bits per heavy atom. The predicted molar refractivity (Wildman–Crippen MR) is 94.2 cm³/mol. The van der Waals surface area contributed by atoms with Gasteiger partial charge in [0.25, 0.3) is 5.91 Å². The number of halogens is 1. The van der Waals surface area contributed by atoms with Crippen LogP contribution in [0.25, 0.3) is 11.1 Å².